The number of carbonyl (C=O) groups excluding carboxylic acids is 1. The van der Waals surface area contributed by atoms with Gasteiger partial charge in [-0.1, -0.05) is 31.9 Å². The van der Waals surface area contributed by atoms with Crippen LogP contribution in [0.15, 0.2) is 12.2 Å². The van der Waals surface area contributed by atoms with Crippen molar-refractivity contribution < 1.29 is 4.79 Å². The molecule has 0 radical (unpaired) electrons. The van der Waals surface area contributed by atoms with E-state index in [0.717, 1.165) is 25.2 Å². The number of hydrogen-bond acceptors (Lipinski definition) is 2. The Bertz CT molecular complexity index is 284. The van der Waals surface area contributed by atoms with Crippen molar-refractivity contribution in [2.75, 3.05) is 0 Å². The van der Waals surface area contributed by atoms with Crippen LogP contribution in [0.4, 0.5) is 0 Å². The van der Waals surface area contributed by atoms with Crippen LogP contribution in [0.5, 0.6) is 0 Å². The van der Waals surface area contributed by atoms with Gasteiger partial charge in [0.05, 0.1) is 5.92 Å². The molecule has 0 aromatic carbocycles. The van der Waals surface area contributed by atoms with Crippen molar-refractivity contribution in [1.82, 2.24) is 5.32 Å². The molecule has 3 N–H and O–H groups in total. The van der Waals surface area contributed by atoms with Crippen LogP contribution in [-0.4, -0.2) is 18.0 Å². The van der Waals surface area contributed by atoms with Crippen LogP contribution in [-0.2, 0) is 4.79 Å². The van der Waals surface area contributed by atoms with Gasteiger partial charge in [0.15, 0.2) is 0 Å². The van der Waals surface area contributed by atoms with Gasteiger partial charge in [-0.2, -0.15) is 0 Å². The van der Waals surface area contributed by atoms with Crippen molar-refractivity contribution in [3.8, 4) is 0 Å². The van der Waals surface area contributed by atoms with E-state index >= 15 is 0 Å². The van der Waals surface area contributed by atoms with E-state index in [1.165, 1.54) is 12.8 Å². The SMILES string of the molecule is CCC(CC1CC1)NC(=O)C1C=CC(N)C1. The van der Waals surface area contributed by atoms with Crippen LogP contribution in [0, 0.1) is 11.8 Å². The zero-order chi connectivity index (χ0) is 11.5. The lowest BCUT2D eigenvalue weighted by atomic mass is 10.0. The minimum atomic E-state index is 0.00301. The molecular formula is C13H22N2O. The number of nitrogens with two attached hydrogens (primary N) is 1. The third kappa shape index (κ3) is 3.08. The summed E-state index contributed by atoms with van der Waals surface area (Å²) in [6.45, 7) is 2.14. The minimum absolute atomic E-state index is 0.00301. The second kappa shape index (κ2) is 5.00. The molecule has 0 bridgehead atoms. The molecule has 16 heavy (non-hydrogen) atoms. The number of hydrogen-bond donors (Lipinski definition) is 2. The molecule has 3 atom stereocenters. The summed E-state index contributed by atoms with van der Waals surface area (Å²) in [6, 6.07) is 0.435. The highest BCUT2D eigenvalue weighted by molar-refractivity contribution is 5.81. The Kier molecular flexibility index (Phi) is 3.64. The van der Waals surface area contributed by atoms with Crippen LogP contribution in [0.3, 0.4) is 0 Å². The van der Waals surface area contributed by atoms with Gasteiger partial charge in [0.1, 0.15) is 0 Å². The summed E-state index contributed by atoms with van der Waals surface area (Å²) in [6.07, 6.45) is 9.54. The molecule has 0 aromatic rings. The van der Waals surface area contributed by atoms with E-state index in [2.05, 4.69) is 12.2 Å². The van der Waals surface area contributed by atoms with Crippen LogP contribution in [0.25, 0.3) is 0 Å². The van der Waals surface area contributed by atoms with Gasteiger partial charge in [0, 0.05) is 12.1 Å². The molecular weight excluding hydrogens is 200 g/mol. The summed E-state index contributed by atoms with van der Waals surface area (Å²) < 4.78 is 0. The predicted molar refractivity (Wildman–Crippen MR) is 64.8 cm³/mol. The van der Waals surface area contributed by atoms with Crippen LogP contribution < -0.4 is 11.1 Å². The van der Waals surface area contributed by atoms with E-state index in [1.807, 2.05) is 12.2 Å². The summed E-state index contributed by atoms with van der Waals surface area (Å²) in [4.78, 5) is 11.9. The van der Waals surface area contributed by atoms with Gasteiger partial charge in [-0.3, -0.25) is 4.79 Å². The highest BCUT2D eigenvalue weighted by atomic mass is 16.1. The Balaban J connectivity index is 1.78. The van der Waals surface area contributed by atoms with E-state index in [-0.39, 0.29) is 17.9 Å². The molecule has 2 aliphatic carbocycles. The predicted octanol–water partition coefficient (Wildman–Crippen LogP) is 1.58. The molecule has 90 valence electrons. The van der Waals surface area contributed by atoms with Crippen molar-refractivity contribution in [3.63, 3.8) is 0 Å². The summed E-state index contributed by atoms with van der Waals surface area (Å²) in [7, 11) is 0. The molecule has 2 aliphatic rings. The second-order valence-corrected chi connectivity index (χ2v) is 5.18. The first-order valence-corrected chi connectivity index (χ1v) is 6.43. The molecule has 1 saturated carbocycles. The van der Waals surface area contributed by atoms with E-state index in [0.29, 0.717) is 6.04 Å². The van der Waals surface area contributed by atoms with Crippen molar-refractivity contribution in [2.45, 2.75) is 51.1 Å². The van der Waals surface area contributed by atoms with Gasteiger partial charge >= 0.3 is 0 Å². The van der Waals surface area contributed by atoms with Crippen molar-refractivity contribution in [1.29, 1.82) is 0 Å². The third-order valence-corrected chi connectivity index (χ3v) is 3.61. The van der Waals surface area contributed by atoms with Crippen molar-refractivity contribution in [3.05, 3.63) is 12.2 Å². The lowest BCUT2D eigenvalue weighted by Crippen LogP contribution is -2.38. The number of amides is 1. The number of rotatable bonds is 5. The zero-order valence-corrected chi connectivity index (χ0v) is 9.99. The summed E-state index contributed by atoms with van der Waals surface area (Å²) in [5.41, 5.74) is 5.75. The Morgan fingerprint density at radius 2 is 2.25 bits per heavy atom. The van der Waals surface area contributed by atoms with Crippen LogP contribution >= 0.6 is 0 Å². The normalized spacial score (nSPS) is 30.4. The monoisotopic (exact) mass is 222 g/mol. The zero-order valence-electron chi connectivity index (χ0n) is 9.99. The first kappa shape index (κ1) is 11.6. The molecule has 0 aromatic heterocycles. The average molecular weight is 222 g/mol. The summed E-state index contributed by atoms with van der Waals surface area (Å²) >= 11 is 0. The molecule has 3 unspecified atom stereocenters. The number of nitrogens with one attached hydrogen (secondary N) is 1. The number of carbonyl (C=O) groups is 1. The standard InChI is InChI=1S/C13H22N2O/c1-2-12(7-9-3-4-9)15-13(16)10-5-6-11(14)8-10/h5-6,9-12H,2-4,7-8,14H2,1H3,(H,15,16). The maximum Gasteiger partial charge on any atom is 0.227 e. The fourth-order valence-electron chi connectivity index (χ4n) is 2.31. The Morgan fingerprint density at radius 3 is 2.75 bits per heavy atom. The smallest absolute Gasteiger partial charge is 0.227 e. The molecule has 0 spiro atoms. The highest BCUT2D eigenvalue weighted by Gasteiger charge is 2.28. The minimum Gasteiger partial charge on any atom is -0.353 e. The van der Waals surface area contributed by atoms with Crippen molar-refractivity contribution in [2.24, 2.45) is 17.6 Å². The maximum atomic E-state index is 11.9. The maximum absolute atomic E-state index is 11.9. The fraction of sp³-hybridized carbons (Fsp3) is 0.769. The quantitative estimate of drug-likeness (QED) is 0.694. The second-order valence-electron chi connectivity index (χ2n) is 5.18. The molecule has 1 fully saturated rings. The first-order valence-electron chi connectivity index (χ1n) is 6.43. The fourth-order valence-corrected chi connectivity index (χ4v) is 2.31. The summed E-state index contributed by atoms with van der Waals surface area (Å²) in [5.74, 6) is 1.03. The molecule has 3 heteroatoms. The van der Waals surface area contributed by atoms with Gasteiger partial charge in [-0.15, -0.1) is 0 Å². The van der Waals surface area contributed by atoms with Crippen molar-refractivity contribution >= 4 is 5.91 Å². The molecule has 0 heterocycles. The van der Waals surface area contributed by atoms with Crippen LogP contribution in [0.2, 0.25) is 0 Å². The topological polar surface area (TPSA) is 55.1 Å². The molecule has 1 amide bonds. The summed E-state index contributed by atoms with van der Waals surface area (Å²) in [5, 5.41) is 3.15. The largest absolute Gasteiger partial charge is 0.353 e. The molecule has 2 rings (SSSR count). The van der Waals surface area contributed by atoms with E-state index in [4.69, 9.17) is 5.73 Å². The third-order valence-electron chi connectivity index (χ3n) is 3.61. The van der Waals surface area contributed by atoms with Gasteiger partial charge in [0.2, 0.25) is 5.91 Å². The lowest BCUT2D eigenvalue weighted by molar-refractivity contribution is -0.124. The Hall–Kier alpha value is -0.830. The highest BCUT2D eigenvalue weighted by Crippen LogP contribution is 2.34. The Labute approximate surface area is 97.5 Å². The van der Waals surface area contributed by atoms with Gasteiger partial charge in [0.25, 0.3) is 0 Å². The van der Waals surface area contributed by atoms with E-state index in [9.17, 15) is 4.79 Å². The molecule has 3 nitrogen and oxygen atoms in total. The van der Waals surface area contributed by atoms with Gasteiger partial charge < -0.3 is 11.1 Å². The lowest BCUT2D eigenvalue weighted by Gasteiger charge is -2.19. The van der Waals surface area contributed by atoms with Gasteiger partial charge in [-0.25, -0.2) is 0 Å². The van der Waals surface area contributed by atoms with E-state index in [1.54, 1.807) is 0 Å². The Morgan fingerprint density at radius 1 is 1.50 bits per heavy atom. The molecule has 0 aliphatic heterocycles. The first-order chi connectivity index (χ1) is 7.69. The van der Waals surface area contributed by atoms with Crippen LogP contribution in [0.1, 0.15) is 39.0 Å². The average Bonchev–Trinajstić information content (AvgIpc) is 2.97. The van der Waals surface area contributed by atoms with E-state index < -0.39 is 0 Å². The van der Waals surface area contributed by atoms with Gasteiger partial charge in [-0.05, 0) is 25.2 Å². The molecule has 0 saturated heterocycles.